The van der Waals surface area contributed by atoms with Crippen molar-refractivity contribution in [2.45, 2.75) is 18.8 Å². The van der Waals surface area contributed by atoms with Gasteiger partial charge in [-0.15, -0.1) is 0 Å². The molecule has 0 N–H and O–H groups in total. The van der Waals surface area contributed by atoms with E-state index < -0.39 is 0 Å². The fourth-order valence-corrected chi connectivity index (χ4v) is 1.49. The molecular weight excluding hydrogens is 179 g/mol. The van der Waals surface area contributed by atoms with E-state index in [-0.39, 0.29) is 0 Å². The van der Waals surface area contributed by atoms with Crippen molar-refractivity contribution < 1.29 is 0 Å². The number of hydrogen-bond donors (Lipinski definition) is 0. The molecule has 0 aliphatic heterocycles. The zero-order valence-electron chi connectivity index (χ0n) is 5.98. The maximum Gasteiger partial charge on any atom is 0.0595 e. The second kappa shape index (κ2) is 2.69. The predicted octanol–water partition coefficient (Wildman–Crippen LogP) is 3.87. The van der Waals surface area contributed by atoms with Crippen LogP contribution in [0, 0.1) is 0 Å². The van der Waals surface area contributed by atoms with Crippen molar-refractivity contribution in [2.24, 2.45) is 0 Å². The van der Waals surface area contributed by atoms with Crippen molar-refractivity contribution in [2.75, 3.05) is 0 Å². The Hall–Kier alpha value is -0.200. The summed E-state index contributed by atoms with van der Waals surface area (Å²) in [5.74, 6) is 0.754. The van der Waals surface area contributed by atoms with Crippen LogP contribution in [-0.2, 0) is 0 Å². The first-order chi connectivity index (χ1) is 5.27. The molecule has 0 spiro atoms. The predicted molar refractivity (Wildman–Crippen MR) is 48.4 cm³/mol. The lowest BCUT2D eigenvalue weighted by molar-refractivity contribution is 1.13. The zero-order chi connectivity index (χ0) is 7.84. The average molecular weight is 187 g/mol. The van der Waals surface area contributed by atoms with Crippen LogP contribution in [0.15, 0.2) is 18.2 Å². The third-order valence-electron chi connectivity index (χ3n) is 1.99. The van der Waals surface area contributed by atoms with E-state index in [9.17, 15) is 0 Å². The van der Waals surface area contributed by atoms with Gasteiger partial charge in [0.1, 0.15) is 0 Å². The first-order valence-electron chi connectivity index (χ1n) is 3.72. The zero-order valence-corrected chi connectivity index (χ0v) is 7.49. The minimum atomic E-state index is 0.649. The highest BCUT2D eigenvalue weighted by molar-refractivity contribution is 6.42. The molecule has 0 radical (unpaired) electrons. The van der Waals surface area contributed by atoms with Crippen LogP contribution >= 0.6 is 23.2 Å². The van der Waals surface area contributed by atoms with Gasteiger partial charge in [-0.25, -0.2) is 0 Å². The Morgan fingerprint density at radius 2 is 1.82 bits per heavy atom. The standard InChI is InChI=1S/C9H8Cl2/c10-8-4-3-7(5-9(8)11)6-1-2-6/h3-6H,1-2H2. The Balaban J connectivity index is 2.36. The molecule has 1 aromatic rings. The lowest BCUT2D eigenvalue weighted by Crippen LogP contribution is -1.78. The van der Waals surface area contributed by atoms with Crippen molar-refractivity contribution in [3.63, 3.8) is 0 Å². The van der Waals surface area contributed by atoms with Crippen molar-refractivity contribution >= 4 is 23.2 Å². The minimum Gasteiger partial charge on any atom is -0.0827 e. The van der Waals surface area contributed by atoms with Crippen LogP contribution < -0.4 is 0 Å². The van der Waals surface area contributed by atoms with E-state index in [1.165, 1.54) is 18.4 Å². The minimum absolute atomic E-state index is 0.649. The highest BCUT2D eigenvalue weighted by Crippen LogP contribution is 2.41. The van der Waals surface area contributed by atoms with Crippen molar-refractivity contribution in [3.05, 3.63) is 33.8 Å². The van der Waals surface area contributed by atoms with Crippen LogP contribution in [0.4, 0.5) is 0 Å². The molecule has 1 aliphatic rings. The van der Waals surface area contributed by atoms with Crippen LogP contribution in [-0.4, -0.2) is 0 Å². The fraction of sp³-hybridized carbons (Fsp3) is 0.333. The van der Waals surface area contributed by atoms with Crippen molar-refractivity contribution in [1.29, 1.82) is 0 Å². The fourth-order valence-electron chi connectivity index (χ4n) is 1.18. The van der Waals surface area contributed by atoms with Gasteiger partial charge >= 0.3 is 0 Å². The van der Waals surface area contributed by atoms with Crippen molar-refractivity contribution in [1.82, 2.24) is 0 Å². The normalized spacial score (nSPS) is 16.9. The Morgan fingerprint density at radius 1 is 1.09 bits per heavy atom. The van der Waals surface area contributed by atoms with Crippen LogP contribution in [0.2, 0.25) is 10.0 Å². The van der Waals surface area contributed by atoms with Gasteiger partial charge < -0.3 is 0 Å². The van der Waals surface area contributed by atoms with E-state index in [1.54, 1.807) is 0 Å². The van der Waals surface area contributed by atoms with Crippen LogP contribution in [0.5, 0.6) is 0 Å². The number of hydrogen-bond acceptors (Lipinski definition) is 0. The second-order valence-corrected chi connectivity index (χ2v) is 3.76. The SMILES string of the molecule is Clc1ccc(C2CC2)cc1Cl. The molecule has 11 heavy (non-hydrogen) atoms. The third kappa shape index (κ3) is 1.52. The quantitative estimate of drug-likeness (QED) is 0.625. The summed E-state index contributed by atoms with van der Waals surface area (Å²) in [7, 11) is 0. The molecule has 1 aromatic carbocycles. The molecule has 0 amide bonds. The largest absolute Gasteiger partial charge is 0.0827 e. The van der Waals surface area contributed by atoms with E-state index in [1.807, 2.05) is 12.1 Å². The number of benzene rings is 1. The van der Waals surface area contributed by atoms with E-state index >= 15 is 0 Å². The van der Waals surface area contributed by atoms with Gasteiger partial charge in [-0.3, -0.25) is 0 Å². The molecule has 1 fully saturated rings. The summed E-state index contributed by atoms with van der Waals surface area (Å²) in [6, 6.07) is 5.91. The topological polar surface area (TPSA) is 0 Å². The molecule has 0 bridgehead atoms. The average Bonchev–Trinajstić information content (AvgIpc) is 2.77. The molecule has 0 atom stereocenters. The van der Waals surface area contributed by atoms with Gasteiger partial charge in [0.2, 0.25) is 0 Å². The highest BCUT2D eigenvalue weighted by Gasteiger charge is 2.23. The van der Waals surface area contributed by atoms with Gasteiger partial charge in [0.15, 0.2) is 0 Å². The molecular formula is C9H8Cl2. The van der Waals surface area contributed by atoms with Crippen molar-refractivity contribution in [3.8, 4) is 0 Å². The lowest BCUT2D eigenvalue weighted by Gasteiger charge is -1.99. The Labute approximate surface area is 76.1 Å². The second-order valence-electron chi connectivity index (χ2n) is 2.95. The summed E-state index contributed by atoms with van der Waals surface area (Å²) in [4.78, 5) is 0. The van der Waals surface area contributed by atoms with Gasteiger partial charge in [0, 0.05) is 0 Å². The maximum absolute atomic E-state index is 5.85. The van der Waals surface area contributed by atoms with E-state index in [0.29, 0.717) is 10.0 Å². The van der Waals surface area contributed by atoms with Gasteiger partial charge in [-0.2, -0.15) is 0 Å². The summed E-state index contributed by atoms with van der Waals surface area (Å²) in [5.41, 5.74) is 1.33. The molecule has 0 saturated heterocycles. The van der Waals surface area contributed by atoms with Gasteiger partial charge in [-0.05, 0) is 36.5 Å². The number of rotatable bonds is 1. The van der Waals surface area contributed by atoms with Crippen LogP contribution in [0.3, 0.4) is 0 Å². The monoisotopic (exact) mass is 186 g/mol. The molecule has 58 valence electrons. The Bertz CT molecular complexity index is 277. The molecule has 0 aromatic heterocycles. The van der Waals surface area contributed by atoms with E-state index in [0.717, 1.165) is 5.92 Å². The summed E-state index contributed by atoms with van der Waals surface area (Å²) < 4.78 is 0. The Kier molecular flexibility index (Phi) is 1.82. The van der Waals surface area contributed by atoms with Gasteiger partial charge in [-0.1, -0.05) is 29.3 Å². The van der Waals surface area contributed by atoms with Crippen LogP contribution in [0.25, 0.3) is 0 Å². The molecule has 0 heterocycles. The molecule has 2 heteroatoms. The third-order valence-corrected chi connectivity index (χ3v) is 2.73. The highest BCUT2D eigenvalue weighted by atomic mass is 35.5. The lowest BCUT2D eigenvalue weighted by atomic mass is 10.1. The van der Waals surface area contributed by atoms with Crippen LogP contribution in [0.1, 0.15) is 24.3 Å². The molecule has 0 unspecified atom stereocenters. The number of halogens is 2. The summed E-state index contributed by atoms with van der Waals surface area (Å²) in [5, 5.41) is 1.33. The van der Waals surface area contributed by atoms with Gasteiger partial charge in [0.25, 0.3) is 0 Å². The molecule has 1 saturated carbocycles. The first-order valence-corrected chi connectivity index (χ1v) is 4.48. The van der Waals surface area contributed by atoms with E-state index in [4.69, 9.17) is 23.2 Å². The summed E-state index contributed by atoms with van der Waals surface area (Å²) in [6.45, 7) is 0. The molecule has 0 nitrogen and oxygen atoms in total. The maximum atomic E-state index is 5.85. The smallest absolute Gasteiger partial charge is 0.0595 e. The molecule has 1 aliphatic carbocycles. The molecule has 2 rings (SSSR count). The van der Waals surface area contributed by atoms with E-state index in [2.05, 4.69) is 6.07 Å². The summed E-state index contributed by atoms with van der Waals surface area (Å²) in [6.07, 6.45) is 2.61. The Morgan fingerprint density at radius 3 is 2.36 bits per heavy atom. The first kappa shape index (κ1) is 7.45. The van der Waals surface area contributed by atoms with Gasteiger partial charge in [0.05, 0.1) is 10.0 Å². The summed E-state index contributed by atoms with van der Waals surface area (Å²) >= 11 is 11.6.